The number of morpholine rings is 1. The molecular weight excluding hydrogens is 268 g/mol. The normalized spacial score (nSPS) is 19.6. The Bertz CT molecular complexity index is 439. The number of nitrogens with one attached hydrogen (secondary N) is 1. The number of nitrogens with zero attached hydrogens (tertiary/aromatic N) is 3. The highest BCUT2D eigenvalue weighted by atomic mass is 16.5. The summed E-state index contributed by atoms with van der Waals surface area (Å²) < 4.78 is 7.18. The van der Waals surface area contributed by atoms with Gasteiger partial charge in [-0.2, -0.15) is 5.10 Å². The van der Waals surface area contributed by atoms with E-state index in [1.54, 1.807) is 0 Å². The molecule has 1 aliphatic rings. The first-order valence-electron chi connectivity index (χ1n) is 7.75. The monoisotopic (exact) mass is 296 g/mol. The minimum Gasteiger partial charge on any atom is -0.388 e. The topological polar surface area (TPSA) is 62.5 Å². The molecule has 2 rings (SSSR count). The van der Waals surface area contributed by atoms with Crippen molar-refractivity contribution in [1.82, 2.24) is 20.0 Å². The molecular formula is C15H28N4O2. The molecule has 1 atom stereocenters. The van der Waals surface area contributed by atoms with Crippen LogP contribution in [0.1, 0.15) is 25.1 Å². The van der Waals surface area contributed by atoms with Crippen molar-refractivity contribution in [3.05, 3.63) is 17.5 Å². The molecule has 1 aliphatic heterocycles. The second-order valence-electron chi connectivity index (χ2n) is 6.12. The quantitative estimate of drug-likeness (QED) is 0.750. The van der Waals surface area contributed by atoms with Crippen molar-refractivity contribution in [3.8, 4) is 0 Å². The minimum atomic E-state index is -0.730. The van der Waals surface area contributed by atoms with E-state index in [0.717, 1.165) is 45.0 Å². The number of hydrogen-bond acceptors (Lipinski definition) is 5. The summed E-state index contributed by atoms with van der Waals surface area (Å²) >= 11 is 0. The lowest BCUT2D eigenvalue weighted by atomic mass is 10.1. The van der Waals surface area contributed by atoms with Crippen LogP contribution in [0.3, 0.4) is 0 Å². The van der Waals surface area contributed by atoms with E-state index >= 15 is 0 Å². The largest absolute Gasteiger partial charge is 0.388 e. The number of hydrogen-bond donors (Lipinski definition) is 2. The number of β-amino-alcohol motifs (C(OH)–C–C–N with tert-alkyl or cyclic N) is 1. The lowest BCUT2D eigenvalue weighted by Gasteiger charge is -2.34. The molecule has 1 unspecified atom stereocenters. The summed E-state index contributed by atoms with van der Waals surface area (Å²) in [6.45, 7) is 9.32. The summed E-state index contributed by atoms with van der Waals surface area (Å²) in [5, 5.41) is 18.3. The highest BCUT2D eigenvalue weighted by Crippen LogP contribution is 2.10. The standard InChI is InChI=1S/C15H28N4O2/c1-4-14-13(10-18(3)17-14)9-16-11-15(2,20)12-19-5-7-21-8-6-19/h10,16,20H,4-9,11-12H2,1-3H3. The van der Waals surface area contributed by atoms with Crippen molar-refractivity contribution in [2.45, 2.75) is 32.4 Å². The first-order chi connectivity index (χ1) is 10.00. The molecule has 1 saturated heterocycles. The SMILES string of the molecule is CCc1nn(C)cc1CNCC(C)(O)CN1CCOCC1. The Morgan fingerprint density at radius 1 is 1.43 bits per heavy atom. The second-order valence-corrected chi connectivity index (χ2v) is 6.12. The molecule has 0 radical (unpaired) electrons. The maximum absolute atomic E-state index is 10.5. The van der Waals surface area contributed by atoms with Gasteiger partial charge in [-0.1, -0.05) is 6.92 Å². The molecule has 0 spiro atoms. The van der Waals surface area contributed by atoms with Gasteiger partial charge in [0.2, 0.25) is 0 Å². The van der Waals surface area contributed by atoms with Crippen LogP contribution in [0.2, 0.25) is 0 Å². The fraction of sp³-hybridized carbons (Fsp3) is 0.800. The van der Waals surface area contributed by atoms with E-state index in [2.05, 4.69) is 22.2 Å². The summed E-state index contributed by atoms with van der Waals surface area (Å²) in [6.07, 6.45) is 2.98. The maximum atomic E-state index is 10.5. The van der Waals surface area contributed by atoms with Crippen LogP contribution >= 0.6 is 0 Å². The summed E-state index contributed by atoms with van der Waals surface area (Å²) in [6, 6.07) is 0. The Balaban J connectivity index is 1.78. The van der Waals surface area contributed by atoms with E-state index in [-0.39, 0.29) is 0 Å². The van der Waals surface area contributed by atoms with Gasteiger partial charge in [0.15, 0.2) is 0 Å². The predicted octanol–water partition coefficient (Wildman–Crippen LogP) is 0.155. The molecule has 1 aromatic rings. The first kappa shape index (κ1) is 16.4. The molecule has 0 saturated carbocycles. The van der Waals surface area contributed by atoms with Crippen molar-refractivity contribution in [3.63, 3.8) is 0 Å². The third-order valence-corrected chi connectivity index (χ3v) is 3.82. The molecule has 1 fully saturated rings. The molecule has 0 aliphatic carbocycles. The van der Waals surface area contributed by atoms with Crippen molar-refractivity contribution in [2.75, 3.05) is 39.4 Å². The van der Waals surface area contributed by atoms with Crippen LogP contribution in [0.15, 0.2) is 6.20 Å². The van der Waals surface area contributed by atoms with E-state index < -0.39 is 5.60 Å². The minimum absolute atomic E-state index is 0.572. The molecule has 0 bridgehead atoms. The lowest BCUT2D eigenvalue weighted by Crippen LogP contribution is -2.50. The lowest BCUT2D eigenvalue weighted by molar-refractivity contribution is -0.0219. The molecule has 0 aromatic carbocycles. The van der Waals surface area contributed by atoms with E-state index in [1.807, 2.05) is 24.9 Å². The zero-order chi connectivity index (χ0) is 15.3. The Kier molecular flexibility index (Phi) is 5.75. The van der Waals surface area contributed by atoms with Crippen LogP contribution in [0.4, 0.5) is 0 Å². The third-order valence-electron chi connectivity index (χ3n) is 3.82. The number of aryl methyl sites for hydroxylation is 2. The number of aromatic nitrogens is 2. The molecule has 6 heteroatoms. The fourth-order valence-corrected chi connectivity index (χ4v) is 2.79. The molecule has 0 amide bonds. The zero-order valence-electron chi connectivity index (χ0n) is 13.4. The summed E-state index contributed by atoms with van der Waals surface area (Å²) in [5.74, 6) is 0. The Hall–Kier alpha value is -0.950. The van der Waals surface area contributed by atoms with Gasteiger partial charge in [0.25, 0.3) is 0 Å². The van der Waals surface area contributed by atoms with E-state index in [0.29, 0.717) is 13.1 Å². The van der Waals surface area contributed by atoms with Crippen molar-refractivity contribution >= 4 is 0 Å². The van der Waals surface area contributed by atoms with Gasteiger partial charge < -0.3 is 15.2 Å². The predicted molar refractivity (Wildman–Crippen MR) is 82.2 cm³/mol. The Labute approximate surface area is 127 Å². The number of aliphatic hydroxyl groups is 1. The van der Waals surface area contributed by atoms with E-state index in [1.165, 1.54) is 5.56 Å². The van der Waals surface area contributed by atoms with Crippen molar-refractivity contribution in [1.29, 1.82) is 0 Å². The zero-order valence-corrected chi connectivity index (χ0v) is 13.4. The number of ether oxygens (including phenoxy) is 1. The molecule has 2 heterocycles. The third kappa shape index (κ3) is 5.07. The van der Waals surface area contributed by atoms with Gasteiger partial charge in [-0.15, -0.1) is 0 Å². The summed E-state index contributed by atoms with van der Waals surface area (Å²) in [5.41, 5.74) is 1.60. The van der Waals surface area contributed by atoms with Gasteiger partial charge in [-0.25, -0.2) is 0 Å². The summed E-state index contributed by atoms with van der Waals surface area (Å²) in [4.78, 5) is 2.26. The van der Waals surface area contributed by atoms with Crippen LogP contribution in [0, 0.1) is 0 Å². The van der Waals surface area contributed by atoms with Crippen LogP contribution in [-0.4, -0.2) is 64.8 Å². The Morgan fingerprint density at radius 2 is 2.14 bits per heavy atom. The smallest absolute Gasteiger partial charge is 0.0869 e. The van der Waals surface area contributed by atoms with Gasteiger partial charge >= 0.3 is 0 Å². The average molecular weight is 296 g/mol. The van der Waals surface area contributed by atoms with Crippen molar-refractivity contribution in [2.24, 2.45) is 7.05 Å². The van der Waals surface area contributed by atoms with Gasteiger partial charge in [0, 0.05) is 51.5 Å². The van der Waals surface area contributed by atoms with Gasteiger partial charge in [-0.3, -0.25) is 9.58 Å². The molecule has 1 aromatic heterocycles. The van der Waals surface area contributed by atoms with Gasteiger partial charge in [0.1, 0.15) is 0 Å². The highest BCUT2D eigenvalue weighted by molar-refractivity contribution is 5.16. The molecule has 6 nitrogen and oxygen atoms in total. The average Bonchev–Trinajstić information content (AvgIpc) is 2.79. The number of rotatable bonds is 7. The maximum Gasteiger partial charge on any atom is 0.0869 e. The van der Waals surface area contributed by atoms with Gasteiger partial charge in [-0.05, 0) is 13.3 Å². The van der Waals surface area contributed by atoms with Crippen molar-refractivity contribution < 1.29 is 9.84 Å². The molecule has 2 N–H and O–H groups in total. The van der Waals surface area contributed by atoms with E-state index in [9.17, 15) is 5.11 Å². The Morgan fingerprint density at radius 3 is 2.81 bits per heavy atom. The highest BCUT2D eigenvalue weighted by Gasteiger charge is 2.25. The molecule has 21 heavy (non-hydrogen) atoms. The first-order valence-corrected chi connectivity index (χ1v) is 7.75. The second kappa shape index (κ2) is 7.35. The van der Waals surface area contributed by atoms with Crippen LogP contribution in [0.25, 0.3) is 0 Å². The summed E-state index contributed by atoms with van der Waals surface area (Å²) in [7, 11) is 1.94. The fourth-order valence-electron chi connectivity index (χ4n) is 2.79. The van der Waals surface area contributed by atoms with E-state index in [4.69, 9.17) is 4.74 Å². The molecule has 120 valence electrons. The van der Waals surface area contributed by atoms with Crippen LogP contribution in [0.5, 0.6) is 0 Å². The van der Waals surface area contributed by atoms with Crippen LogP contribution < -0.4 is 5.32 Å². The van der Waals surface area contributed by atoms with Crippen LogP contribution in [-0.2, 0) is 24.8 Å². The van der Waals surface area contributed by atoms with Gasteiger partial charge in [0.05, 0.1) is 24.5 Å².